The van der Waals surface area contributed by atoms with Gasteiger partial charge in [0.25, 0.3) is 0 Å². The molecule has 1 heterocycles. The molecule has 3 rings (SSSR count). The maximum atomic E-state index is 12.4. The van der Waals surface area contributed by atoms with Gasteiger partial charge >= 0.3 is 0 Å². The van der Waals surface area contributed by atoms with Crippen LogP contribution in [-0.2, 0) is 14.4 Å². The fourth-order valence-corrected chi connectivity index (χ4v) is 2.80. The summed E-state index contributed by atoms with van der Waals surface area (Å²) < 4.78 is 0. The van der Waals surface area contributed by atoms with Gasteiger partial charge in [0.2, 0.25) is 18.2 Å². The number of benzene rings is 1. The standard InChI is InChI=1S/C16H19N3O3/c20-11-18-6-8-19(9-7-18)16(22)14-10-13(14)15(21)17-12-4-2-1-3-5-12/h1-5,11,13-14H,6-10H2,(H,17,21). The molecule has 1 N–H and O–H groups in total. The van der Waals surface area contributed by atoms with Crippen LogP contribution in [0.2, 0.25) is 0 Å². The highest BCUT2D eigenvalue weighted by Gasteiger charge is 2.49. The van der Waals surface area contributed by atoms with Crippen molar-refractivity contribution in [3.8, 4) is 0 Å². The molecule has 0 aromatic heterocycles. The van der Waals surface area contributed by atoms with Crippen molar-refractivity contribution >= 4 is 23.9 Å². The van der Waals surface area contributed by atoms with Crippen molar-refractivity contribution in [2.45, 2.75) is 6.42 Å². The zero-order valence-electron chi connectivity index (χ0n) is 12.3. The van der Waals surface area contributed by atoms with Gasteiger partial charge in [0.05, 0.1) is 11.8 Å². The summed E-state index contributed by atoms with van der Waals surface area (Å²) in [4.78, 5) is 38.6. The van der Waals surface area contributed by atoms with Crippen LogP contribution in [-0.4, -0.2) is 54.2 Å². The molecule has 1 saturated heterocycles. The number of carbonyl (C=O) groups excluding carboxylic acids is 3. The van der Waals surface area contributed by atoms with E-state index in [1.165, 1.54) is 0 Å². The molecule has 0 bridgehead atoms. The number of amides is 3. The summed E-state index contributed by atoms with van der Waals surface area (Å²) >= 11 is 0. The highest BCUT2D eigenvalue weighted by molar-refractivity contribution is 5.99. The van der Waals surface area contributed by atoms with E-state index in [1.54, 1.807) is 9.80 Å². The molecule has 6 nitrogen and oxygen atoms in total. The Morgan fingerprint density at radius 2 is 1.73 bits per heavy atom. The third-order valence-corrected chi connectivity index (χ3v) is 4.26. The number of para-hydroxylation sites is 1. The predicted octanol–water partition coefficient (Wildman–Crippen LogP) is 0.562. The largest absolute Gasteiger partial charge is 0.342 e. The van der Waals surface area contributed by atoms with Crippen LogP contribution in [0.5, 0.6) is 0 Å². The van der Waals surface area contributed by atoms with Crippen molar-refractivity contribution in [1.29, 1.82) is 0 Å². The predicted molar refractivity (Wildman–Crippen MR) is 80.9 cm³/mol. The lowest BCUT2D eigenvalue weighted by Crippen LogP contribution is -2.48. The second kappa shape index (κ2) is 6.17. The Bertz CT molecular complexity index is 567. The van der Waals surface area contributed by atoms with Gasteiger partial charge in [-0.1, -0.05) is 18.2 Å². The van der Waals surface area contributed by atoms with E-state index in [4.69, 9.17) is 0 Å². The summed E-state index contributed by atoms with van der Waals surface area (Å²) in [6, 6.07) is 9.26. The van der Waals surface area contributed by atoms with Gasteiger partial charge in [-0.2, -0.15) is 0 Å². The summed E-state index contributed by atoms with van der Waals surface area (Å²) in [5.41, 5.74) is 0.755. The van der Waals surface area contributed by atoms with Crippen LogP contribution in [0, 0.1) is 11.8 Å². The SMILES string of the molecule is O=CN1CCN(C(=O)C2CC2C(=O)Nc2ccccc2)CC1. The maximum Gasteiger partial charge on any atom is 0.228 e. The third kappa shape index (κ3) is 3.10. The minimum Gasteiger partial charge on any atom is -0.342 e. The van der Waals surface area contributed by atoms with Crippen LogP contribution in [0.15, 0.2) is 30.3 Å². The second-order valence-electron chi connectivity index (χ2n) is 5.77. The second-order valence-corrected chi connectivity index (χ2v) is 5.77. The number of piperazine rings is 1. The molecule has 1 aliphatic carbocycles. The molecule has 2 atom stereocenters. The average molecular weight is 301 g/mol. The molecule has 0 radical (unpaired) electrons. The molecule has 116 valence electrons. The van der Waals surface area contributed by atoms with E-state index in [0.29, 0.717) is 32.6 Å². The molecule has 0 spiro atoms. The Kier molecular flexibility index (Phi) is 4.09. The summed E-state index contributed by atoms with van der Waals surface area (Å²) in [5, 5.41) is 2.84. The smallest absolute Gasteiger partial charge is 0.228 e. The molecule has 2 fully saturated rings. The quantitative estimate of drug-likeness (QED) is 0.826. The molecule has 6 heteroatoms. The van der Waals surface area contributed by atoms with Gasteiger partial charge in [-0.05, 0) is 18.6 Å². The molecule has 22 heavy (non-hydrogen) atoms. The molecule has 2 aliphatic rings. The first-order valence-electron chi connectivity index (χ1n) is 7.53. The maximum absolute atomic E-state index is 12.4. The zero-order valence-corrected chi connectivity index (χ0v) is 12.3. The minimum atomic E-state index is -0.225. The summed E-state index contributed by atoms with van der Waals surface area (Å²) in [7, 11) is 0. The van der Waals surface area contributed by atoms with Crippen molar-refractivity contribution in [3.63, 3.8) is 0 Å². The van der Waals surface area contributed by atoms with E-state index in [2.05, 4.69) is 5.32 Å². The van der Waals surface area contributed by atoms with Crippen LogP contribution < -0.4 is 5.32 Å². The van der Waals surface area contributed by atoms with E-state index in [-0.39, 0.29) is 23.7 Å². The van der Waals surface area contributed by atoms with E-state index in [9.17, 15) is 14.4 Å². The van der Waals surface area contributed by atoms with Crippen LogP contribution in [0.1, 0.15) is 6.42 Å². The van der Waals surface area contributed by atoms with Crippen molar-refractivity contribution in [2.75, 3.05) is 31.5 Å². The first kappa shape index (κ1) is 14.6. The van der Waals surface area contributed by atoms with E-state index in [1.807, 2.05) is 30.3 Å². The Labute approximate surface area is 129 Å². The monoisotopic (exact) mass is 301 g/mol. The Balaban J connectivity index is 1.50. The van der Waals surface area contributed by atoms with Crippen LogP contribution in [0.4, 0.5) is 5.69 Å². The normalized spacial score (nSPS) is 23.8. The van der Waals surface area contributed by atoms with Crippen molar-refractivity contribution in [1.82, 2.24) is 9.80 Å². The van der Waals surface area contributed by atoms with Crippen molar-refractivity contribution in [3.05, 3.63) is 30.3 Å². The molecule has 1 aliphatic heterocycles. The first-order chi connectivity index (χ1) is 10.7. The van der Waals surface area contributed by atoms with Gasteiger partial charge in [0, 0.05) is 31.9 Å². The number of nitrogens with one attached hydrogen (secondary N) is 1. The summed E-state index contributed by atoms with van der Waals surface area (Å²) in [6.45, 7) is 2.26. The Hall–Kier alpha value is -2.37. The lowest BCUT2D eigenvalue weighted by atomic mass is 10.2. The molecule has 1 saturated carbocycles. The average Bonchev–Trinajstić information content (AvgIpc) is 3.36. The highest BCUT2D eigenvalue weighted by Crippen LogP contribution is 2.41. The number of hydrogen-bond donors (Lipinski definition) is 1. The molecule has 1 aromatic rings. The number of nitrogens with zero attached hydrogens (tertiary/aromatic N) is 2. The molecule has 2 unspecified atom stereocenters. The molecular weight excluding hydrogens is 282 g/mol. The third-order valence-electron chi connectivity index (χ3n) is 4.26. The topological polar surface area (TPSA) is 69.7 Å². The lowest BCUT2D eigenvalue weighted by Gasteiger charge is -2.32. The fraction of sp³-hybridized carbons (Fsp3) is 0.438. The number of rotatable bonds is 4. The lowest BCUT2D eigenvalue weighted by molar-refractivity contribution is -0.137. The Morgan fingerprint density at radius 1 is 1.05 bits per heavy atom. The zero-order chi connectivity index (χ0) is 15.5. The highest BCUT2D eigenvalue weighted by atomic mass is 16.2. The summed E-state index contributed by atoms with van der Waals surface area (Å²) in [6.07, 6.45) is 1.43. The molecule has 3 amide bonds. The number of anilines is 1. The number of carbonyl (C=O) groups is 3. The van der Waals surface area contributed by atoms with Gasteiger partial charge in [-0.15, -0.1) is 0 Å². The summed E-state index contributed by atoms with van der Waals surface area (Å²) in [5.74, 6) is -0.474. The van der Waals surface area contributed by atoms with Gasteiger partial charge in [-0.25, -0.2) is 0 Å². The van der Waals surface area contributed by atoms with Crippen LogP contribution >= 0.6 is 0 Å². The van der Waals surface area contributed by atoms with E-state index < -0.39 is 0 Å². The number of hydrogen-bond acceptors (Lipinski definition) is 3. The van der Waals surface area contributed by atoms with Crippen LogP contribution in [0.3, 0.4) is 0 Å². The van der Waals surface area contributed by atoms with E-state index >= 15 is 0 Å². The van der Waals surface area contributed by atoms with Crippen molar-refractivity contribution in [2.24, 2.45) is 11.8 Å². The van der Waals surface area contributed by atoms with Gasteiger partial charge < -0.3 is 15.1 Å². The Morgan fingerprint density at radius 3 is 2.36 bits per heavy atom. The van der Waals surface area contributed by atoms with Gasteiger partial charge in [0.1, 0.15) is 0 Å². The molecule has 1 aromatic carbocycles. The van der Waals surface area contributed by atoms with Gasteiger partial charge in [0.15, 0.2) is 0 Å². The fourth-order valence-electron chi connectivity index (χ4n) is 2.80. The van der Waals surface area contributed by atoms with Crippen molar-refractivity contribution < 1.29 is 14.4 Å². The van der Waals surface area contributed by atoms with Gasteiger partial charge in [-0.3, -0.25) is 14.4 Å². The minimum absolute atomic E-state index is 0.0405. The van der Waals surface area contributed by atoms with Crippen LogP contribution in [0.25, 0.3) is 0 Å². The first-order valence-corrected chi connectivity index (χ1v) is 7.53. The molecular formula is C16H19N3O3. The van der Waals surface area contributed by atoms with E-state index in [0.717, 1.165) is 12.1 Å².